The van der Waals surface area contributed by atoms with Gasteiger partial charge in [0, 0.05) is 31.2 Å². The van der Waals surface area contributed by atoms with Gasteiger partial charge in [-0.25, -0.2) is 13.6 Å². The summed E-state index contributed by atoms with van der Waals surface area (Å²) in [5.41, 5.74) is 0.0605. The highest BCUT2D eigenvalue weighted by atomic mass is 19.1. The molecular weight excluding hydrogens is 278 g/mol. The molecule has 21 heavy (non-hydrogen) atoms. The maximum absolute atomic E-state index is 13.5. The molecule has 1 fully saturated rings. The second-order valence-electron chi connectivity index (χ2n) is 5.04. The molecule has 1 aromatic rings. The predicted molar refractivity (Wildman–Crippen MR) is 74.8 cm³/mol. The van der Waals surface area contributed by atoms with Crippen LogP contribution in [0, 0.1) is 11.6 Å². The number of nitrogens with zero attached hydrogens (tertiary/aromatic N) is 1. The minimum Gasteiger partial charge on any atom is -0.450 e. The van der Waals surface area contributed by atoms with E-state index in [-0.39, 0.29) is 24.2 Å². The lowest BCUT2D eigenvalue weighted by Gasteiger charge is -2.31. The van der Waals surface area contributed by atoms with Crippen LogP contribution in [0.25, 0.3) is 0 Å². The van der Waals surface area contributed by atoms with Crippen LogP contribution in [-0.4, -0.2) is 36.7 Å². The maximum Gasteiger partial charge on any atom is 0.409 e. The third-order valence-corrected chi connectivity index (χ3v) is 3.65. The fourth-order valence-corrected chi connectivity index (χ4v) is 2.43. The van der Waals surface area contributed by atoms with Crippen molar-refractivity contribution in [2.45, 2.75) is 32.4 Å². The average Bonchev–Trinajstić information content (AvgIpc) is 2.47. The molecule has 0 spiro atoms. The van der Waals surface area contributed by atoms with Crippen LogP contribution in [-0.2, 0) is 11.3 Å². The summed E-state index contributed by atoms with van der Waals surface area (Å²) < 4.78 is 32.0. The fourth-order valence-electron chi connectivity index (χ4n) is 2.43. The Bertz CT molecular complexity index is 468. The van der Waals surface area contributed by atoms with Crippen LogP contribution in [0.2, 0.25) is 0 Å². The van der Waals surface area contributed by atoms with Crippen molar-refractivity contribution in [3.8, 4) is 0 Å². The van der Waals surface area contributed by atoms with Crippen LogP contribution >= 0.6 is 0 Å². The van der Waals surface area contributed by atoms with E-state index in [1.807, 2.05) is 0 Å². The number of amides is 1. The quantitative estimate of drug-likeness (QED) is 0.929. The van der Waals surface area contributed by atoms with E-state index in [9.17, 15) is 13.6 Å². The van der Waals surface area contributed by atoms with Gasteiger partial charge in [0.15, 0.2) is 0 Å². The van der Waals surface area contributed by atoms with Crippen molar-refractivity contribution in [3.63, 3.8) is 0 Å². The van der Waals surface area contributed by atoms with E-state index in [2.05, 4.69) is 5.32 Å². The Morgan fingerprint density at radius 2 is 1.95 bits per heavy atom. The standard InChI is InChI=1S/C15H20F2N2O2/c1-2-21-15(20)19-8-6-11(7-9-19)18-10-12-13(16)4-3-5-14(12)17/h3-5,11,18H,2,6-10H2,1H3. The summed E-state index contributed by atoms with van der Waals surface area (Å²) in [6.07, 6.45) is 1.19. The largest absolute Gasteiger partial charge is 0.450 e. The summed E-state index contributed by atoms with van der Waals surface area (Å²) in [7, 11) is 0. The second-order valence-corrected chi connectivity index (χ2v) is 5.04. The highest BCUT2D eigenvalue weighted by molar-refractivity contribution is 5.67. The van der Waals surface area contributed by atoms with Crippen molar-refractivity contribution < 1.29 is 18.3 Å². The van der Waals surface area contributed by atoms with E-state index < -0.39 is 11.6 Å². The molecule has 1 N–H and O–H groups in total. The molecule has 1 aromatic carbocycles. The number of hydrogen-bond donors (Lipinski definition) is 1. The highest BCUT2D eigenvalue weighted by Gasteiger charge is 2.23. The van der Waals surface area contributed by atoms with Gasteiger partial charge >= 0.3 is 6.09 Å². The van der Waals surface area contributed by atoms with Gasteiger partial charge in [-0.3, -0.25) is 0 Å². The summed E-state index contributed by atoms with van der Waals surface area (Å²) in [5.74, 6) is -1.07. The second kappa shape index (κ2) is 7.36. The van der Waals surface area contributed by atoms with Crippen LogP contribution in [0.3, 0.4) is 0 Å². The van der Waals surface area contributed by atoms with Gasteiger partial charge in [0.25, 0.3) is 0 Å². The highest BCUT2D eigenvalue weighted by Crippen LogP contribution is 2.15. The summed E-state index contributed by atoms with van der Waals surface area (Å²) >= 11 is 0. The minimum atomic E-state index is -0.536. The molecule has 0 aromatic heterocycles. The number of hydrogen-bond acceptors (Lipinski definition) is 3. The first-order chi connectivity index (χ1) is 10.1. The van der Waals surface area contributed by atoms with Crippen molar-refractivity contribution >= 4 is 6.09 Å². The number of rotatable bonds is 4. The number of nitrogens with one attached hydrogen (secondary N) is 1. The molecule has 1 aliphatic heterocycles. The zero-order valence-electron chi connectivity index (χ0n) is 12.1. The number of halogens is 2. The molecule has 4 nitrogen and oxygen atoms in total. The normalized spacial score (nSPS) is 16.0. The van der Waals surface area contributed by atoms with E-state index >= 15 is 0 Å². The third-order valence-electron chi connectivity index (χ3n) is 3.65. The molecule has 6 heteroatoms. The number of ether oxygens (including phenoxy) is 1. The Balaban J connectivity index is 1.80. The van der Waals surface area contributed by atoms with Crippen molar-refractivity contribution in [1.29, 1.82) is 0 Å². The lowest BCUT2D eigenvalue weighted by molar-refractivity contribution is 0.0949. The van der Waals surface area contributed by atoms with Crippen LogP contribution in [0.5, 0.6) is 0 Å². The lowest BCUT2D eigenvalue weighted by Crippen LogP contribution is -2.45. The molecule has 2 rings (SSSR count). The Kier molecular flexibility index (Phi) is 5.50. The molecule has 0 radical (unpaired) electrons. The van der Waals surface area contributed by atoms with Gasteiger partial charge in [-0.15, -0.1) is 0 Å². The Morgan fingerprint density at radius 1 is 1.33 bits per heavy atom. The van der Waals surface area contributed by atoms with Crippen molar-refractivity contribution in [2.75, 3.05) is 19.7 Å². The van der Waals surface area contributed by atoms with Gasteiger partial charge < -0.3 is 15.0 Å². The molecular formula is C15H20F2N2O2. The topological polar surface area (TPSA) is 41.6 Å². The molecule has 0 unspecified atom stereocenters. The number of carbonyl (C=O) groups is 1. The summed E-state index contributed by atoms with van der Waals surface area (Å²) in [6, 6.07) is 4.01. The third kappa shape index (κ3) is 4.14. The summed E-state index contributed by atoms with van der Waals surface area (Å²) in [4.78, 5) is 13.2. The first-order valence-electron chi connectivity index (χ1n) is 7.19. The van der Waals surface area contributed by atoms with E-state index in [0.717, 1.165) is 12.8 Å². The van der Waals surface area contributed by atoms with Gasteiger partial charge in [-0.1, -0.05) is 6.07 Å². The number of benzene rings is 1. The van der Waals surface area contributed by atoms with E-state index in [1.54, 1.807) is 11.8 Å². The Morgan fingerprint density at radius 3 is 2.52 bits per heavy atom. The summed E-state index contributed by atoms with van der Waals surface area (Å²) in [6.45, 7) is 3.48. The van der Waals surface area contributed by atoms with E-state index in [4.69, 9.17) is 4.74 Å². The average molecular weight is 298 g/mol. The van der Waals surface area contributed by atoms with Crippen molar-refractivity contribution in [1.82, 2.24) is 10.2 Å². The molecule has 1 aliphatic rings. The van der Waals surface area contributed by atoms with Crippen molar-refractivity contribution in [3.05, 3.63) is 35.4 Å². The van der Waals surface area contributed by atoms with Gasteiger partial charge in [0.2, 0.25) is 0 Å². The maximum atomic E-state index is 13.5. The molecule has 1 amide bonds. The first-order valence-corrected chi connectivity index (χ1v) is 7.19. The van der Waals surface area contributed by atoms with E-state index in [0.29, 0.717) is 19.7 Å². The monoisotopic (exact) mass is 298 g/mol. The smallest absolute Gasteiger partial charge is 0.409 e. The number of piperidine rings is 1. The Labute approximate surface area is 123 Å². The van der Waals surface area contributed by atoms with Crippen molar-refractivity contribution in [2.24, 2.45) is 0 Å². The SMILES string of the molecule is CCOC(=O)N1CCC(NCc2c(F)cccc2F)CC1. The lowest BCUT2D eigenvalue weighted by atomic mass is 10.0. The van der Waals surface area contributed by atoms with Gasteiger partial charge in [0.1, 0.15) is 11.6 Å². The van der Waals surface area contributed by atoms with Crippen LogP contribution in [0.1, 0.15) is 25.3 Å². The van der Waals surface area contributed by atoms with Gasteiger partial charge in [-0.2, -0.15) is 0 Å². The fraction of sp³-hybridized carbons (Fsp3) is 0.533. The number of likely N-dealkylation sites (tertiary alicyclic amines) is 1. The zero-order chi connectivity index (χ0) is 15.2. The molecule has 1 heterocycles. The van der Waals surface area contributed by atoms with Gasteiger partial charge in [0.05, 0.1) is 6.61 Å². The first kappa shape index (κ1) is 15.7. The molecule has 0 saturated carbocycles. The minimum absolute atomic E-state index is 0.0605. The number of carbonyl (C=O) groups excluding carboxylic acids is 1. The van der Waals surface area contributed by atoms with Crippen LogP contribution in [0.15, 0.2) is 18.2 Å². The summed E-state index contributed by atoms with van der Waals surface area (Å²) in [5, 5.41) is 3.15. The predicted octanol–water partition coefficient (Wildman–Crippen LogP) is 2.68. The molecule has 1 saturated heterocycles. The molecule has 0 bridgehead atoms. The zero-order valence-corrected chi connectivity index (χ0v) is 12.1. The van der Waals surface area contributed by atoms with E-state index in [1.165, 1.54) is 18.2 Å². The van der Waals surface area contributed by atoms with Crippen LogP contribution in [0.4, 0.5) is 13.6 Å². The molecule has 116 valence electrons. The van der Waals surface area contributed by atoms with Crippen LogP contribution < -0.4 is 5.32 Å². The van der Waals surface area contributed by atoms with Gasteiger partial charge in [-0.05, 0) is 31.9 Å². The molecule has 0 aliphatic carbocycles. The molecule has 0 atom stereocenters. The Hall–Kier alpha value is -1.69.